The van der Waals surface area contributed by atoms with Crippen molar-refractivity contribution in [1.82, 2.24) is 0 Å². The van der Waals surface area contributed by atoms with Crippen LogP contribution in [0.15, 0.2) is 24.3 Å². The first kappa shape index (κ1) is 18.5. The Morgan fingerprint density at radius 3 is 2.33 bits per heavy atom. The number of hydrogen-bond donors (Lipinski definition) is 0. The molecule has 0 atom stereocenters. The third-order valence-corrected chi connectivity index (χ3v) is 4.42. The molecule has 0 unspecified atom stereocenters. The highest BCUT2D eigenvalue weighted by Crippen LogP contribution is 2.25. The number of benzene rings is 1. The molecule has 1 aromatic rings. The van der Waals surface area contributed by atoms with E-state index in [2.05, 4.69) is 13.8 Å². The Kier molecular flexibility index (Phi) is 7.29. The maximum atomic E-state index is 12.1. The molecule has 0 saturated heterocycles. The summed E-state index contributed by atoms with van der Waals surface area (Å²) < 4.78 is 10.6. The summed E-state index contributed by atoms with van der Waals surface area (Å²) in [6.45, 7) is 5.17. The van der Waals surface area contributed by atoms with Gasteiger partial charge in [0.15, 0.2) is 0 Å². The number of carbonyl (C=O) groups is 2. The monoisotopic (exact) mass is 332 g/mol. The van der Waals surface area contributed by atoms with Gasteiger partial charge in [-0.25, -0.2) is 9.59 Å². The molecule has 1 fully saturated rings. The van der Waals surface area contributed by atoms with Crippen LogP contribution in [-0.2, 0) is 9.47 Å². The highest BCUT2D eigenvalue weighted by molar-refractivity contribution is 5.95. The van der Waals surface area contributed by atoms with Crippen LogP contribution in [0.25, 0.3) is 0 Å². The topological polar surface area (TPSA) is 52.6 Å². The first-order valence-corrected chi connectivity index (χ1v) is 9.00. The Labute approximate surface area is 144 Å². The van der Waals surface area contributed by atoms with E-state index in [-0.39, 0.29) is 11.9 Å². The van der Waals surface area contributed by atoms with E-state index in [0.29, 0.717) is 36.2 Å². The molecule has 0 heterocycles. The van der Waals surface area contributed by atoms with Gasteiger partial charge in [-0.1, -0.05) is 32.8 Å². The predicted octanol–water partition coefficient (Wildman–Crippen LogP) is 4.63. The van der Waals surface area contributed by atoms with E-state index < -0.39 is 0 Å². The minimum atomic E-state index is -0.385. The van der Waals surface area contributed by atoms with Crippen LogP contribution in [0, 0.1) is 11.8 Å². The molecule has 1 saturated carbocycles. The molecule has 24 heavy (non-hydrogen) atoms. The molecule has 0 radical (unpaired) electrons. The molecule has 4 nitrogen and oxygen atoms in total. The zero-order valence-corrected chi connectivity index (χ0v) is 14.8. The zero-order valence-electron chi connectivity index (χ0n) is 14.8. The number of carbonyl (C=O) groups excluding carboxylic acids is 2. The molecule has 1 aliphatic carbocycles. The summed E-state index contributed by atoms with van der Waals surface area (Å²) in [6, 6.07) is 6.59. The van der Waals surface area contributed by atoms with E-state index >= 15 is 0 Å². The van der Waals surface area contributed by atoms with Crippen molar-refractivity contribution in [3.05, 3.63) is 35.4 Å². The first-order chi connectivity index (χ1) is 11.6. The lowest BCUT2D eigenvalue weighted by Crippen LogP contribution is -2.13. The number of hydrogen-bond acceptors (Lipinski definition) is 4. The van der Waals surface area contributed by atoms with E-state index in [9.17, 15) is 9.59 Å². The van der Waals surface area contributed by atoms with E-state index in [0.717, 1.165) is 25.7 Å². The Bertz CT molecular complexity index is 544. The highest BCUT2D eigenvalue weighted by atomic mass is 16.5. The summed E-state index contributed by atoms with van der Waals surface area (Å²) >= 11 is 0. The summed E-state index contributed by atoms with van der Waals surface area (Å²) in [4.78, 5) is 24.2. The fourth-order valence-corrected chi connectivity index (χ4v) is 2.97. The summed E-state index contributed by atoms with van der Waals surface area (Å²) in [5, 5.41) is 0. The third kappa shape index (κ3) is 5.99. The Balaban J connectivity index is 1.83. The number of rotatable bonds is 8. The minimum Gasteiger partial charge on any atom is -0.462 e. The van der Waals surface area contributed by atoms with Crippen molar-refractivity contribution in [2.45, 2.75) is 52.4 Å². The van der Waals surface area contributed by atoms with E-state index in [1.165, 1.54) is 12.8 Å². The molecule has 0 aromatic heterocycles. The summed E-state index contributed by atoms with van der Waals surface area (Å²) in [5.74, 6) is 0.338. The molecule has 0 spiro atoms. The predicted molar refractivity (Wildman–Crippen MR) is 93.0 cm³/mol. The van der Waals surface area contributed by atoms with Gasteiger partial charge in [-0.3, -0.25) is 0 Å². The van der Waals surface area contributed by atoms with Crippen molar-refractivity contribution in [3.63, 3.8) is 0 Å². The van der Waals surface area contributed by atoms with Gasteiger partial charge in [-0.15, -0.1) is 0 Å². The zero-order chi connectivity index (χ0) is 17.4. The second kappa shape index (κ2) is 9.45. The fraction of sp³-hybridized carbons (Fsp3) is 0.600. The van der Waals surface area contributed by atoms with Gasteiger partial charge >= 0.3 is 11.9 Å². The van der Waals surface area contributed by atoms with Crippen LogP contribution in [-0.4, -0.2) is 25.2 Å². The molecular weight excluding hydrogens is 304 g/mol. The van der Waals surface area contributed by atoms with Crippen molar-refractivity contribution in [3.8, 4) is 0 Å². The lowest BCUT2D eigenvalue weighted by molar-refractivity contribution is 0.0442. The van der Waals surface area contributed by atoms with Crippen molar-refractivity contribution < 1.29 is 19.1 Å². The molecule has 2 rings (SSSR count). The van der Waals surface area contributed by atoms with Gasteiger partial charge in [0.25, 0.3) is 0 Å². The summed E-state index contributed by atoms with van der Waals surface area (Å²) in [7, 11) is 0. The molecular formula is C20H28O4. The summed E-state index contributed by atoms with van der Waals surface area (Å²) in [5.41, 5.74) is 0.805. The van der Waals surface area contributed by atoms with Crippen LogP contribution in [0.3, 0.4) is 0 Å². The lowest BCUT2D eigenvalue weighted by atomic mass is 10.1. The van der Waals surface area contributed by atoms with Gasteiger partial charge in [0.1, 0.15) is 0 Å². The van der Waals surface area contributed by atoms with E-state index in [1.807, 2.05) is 0 Å². The smallest absolute Gasteiger partial charge is 0.338 e. The normalized spacial score (nSPS) is 14.8. The number of esters is 2. The molecule has 4 heteroatoms. The third-order valence-electron chi connectivity index (χ3n) is 4.42. The van der Waals surface area contributed by atoms with Crippen LogP contribution in [0.1, 0.15) is 73.1 Å². The van der Waals surface area contributed by atoms with Crippen LogP contribution in [0.2, 0.25) is 0 Å². The van der Waals surface area contributed by atoms with Gasteiger partial charge in [0.2, 0.25) is 0 Å². The first-order valence-electron chi connectivity index (χ1n) is 9.00. The molecule has 0 bridgehead atoms. The number of ether oxygens (including phenoxy) is 2. The average molecular weight is 332 g/mol. The van der Waals surface area contributed by atoms with Crippen molar-refractivity contribution >= 4 is 11.9 Å². The Morgan fingerprint density at radius 1 is 1.08 bits per heavy atom. The second-order valence-corrected chi connectivity index (χ2v) is 7.00. The largest absolute Gasteiger partial charge is 0.462 e. The average Bonchev–Trinajstić information content (AvgIpc) is 3.10. The second-order valence-electron chi connectivity index (χ2n) is 7.00. The highest BCUT2D eigenvalue weighted by Gasteiger charge is 2.18. The van der Waals surface area contributed by atoms with E-state index in [1.54, 1.807) is 24.3 Å². The minimum absolute atomic E-state index is 0.364. The molecule has 132 valence electrons. The quantitative estimate of drug-likeness (QED) is 0.514. The van der Waals surface area contributed by atoms with Crippen LogP contribution in [0.5, 0.6) is 0 Å². The maximum Gasteiger partial charge on any atom is 0.338 e. The lowest BCUT2D eigenvalue weighted by Gasteiger charge is -2.11. The van der Waals surface area contributed by atoms with Crippen molar-refractivity contribution in [1.29, 1.82) is 0 Å². The Hall–Kier alpha value is -1.84. The molecule has 1 aliphatic rings. The molecule has 0 aliphatic heterocycles. The van der Waals surface area contributed by atoms with Gasteiger partial charge < -0.3 is 9.47 Å². The van der Waals surface area contributed by atoms with E-state index in [4.69, 9.17) is 9.47 Å². The van der Waals surface area contributed by atoms with Crippen molar-refractivity contribution in [2.75, 3.05) is 13.2 Å². The van der Waals surface area contributed by atoms with Gasteiger partial charge in [-0.2, -0.15) is 0 Å². The summed E-state index contributed by atoms with van der Waals surface area (Å²) in [6.07, 6.45) is 6.60. The Morgan fingerprint density at radius 2 is 1.71 bits per heavy atom. The van der Waals surface area contributed by atoms with Crippen LogP contribution < -0.4 is 0 Å². The molecule has 1 aromatic carbocycles. The standard InChI is InChI=1S/C20H28O4/c1-15(2)7-6-12-23-19(21)17-10-5-11-18(13-17)20(22)24-14-16-8-3-4-9-16/h5,10-11,13,15-16H,3-4,6-9,12,14H2,1-2H3. The van der Waals surface area contributed by atoms with Crippen LogP contribution >= 0.6 is 0 Å². The SMILES string of the molecule is CC(C)CCCOC(=O)c1cccc(C(=O)OCC2CCCC2)c1. The van der Waals surface area contributed by atoms with Crippen LogP contribution in [0.4, 0.5) is 0 Å². The van der Waals surface area contributed by atoms with Gasteiger partial charge in [-0.05, 0) is 55.7 Å². The molecule has 0 N–H and O–H groups in total. The van der Waals surface area contributed by atoms with Gasteiger partial charge in [0.05, 0.1) is 24.3 Å². The molecule has 0 amide bonds. The maximum absolute atomic E-state index is 12.1. The van der Waals surface area contributed by atoms with Crippen molar-refractivity contribution in [2.24, 2.45) is 11.8 Å². The fourth-order valence-electron chi connectivity index (χ4n) is 2.97. The van der Waals surface area contributed by atoms with Gasteiger partial charge in [0, 0.05) is 0 Å².